The first kappa shape index (κ1) is 16.8. The molecule has 0 aliphatic heterocycles. The zero-order valence-electron chi connectivity index (χ0n) is 14.4. The summed E-state index contributed by atoms with van der Waals surface area (Å²) in [7, 11) is 0. The fraction of sp³-hybridized carbons (Fsp3) is 0.0952. The summed E-state index contributed by atoms with van der Waals surface area (Å²) in [5.41, 5.74) is 3.30. The van der Waals surface area contributed by atoms with Gasteiger partial charge >= 0.3 is 0 Å². The van der Waals surface area contributed by atoms with Crippen LogP contribution in [0.1, 0.15) is 16.7 Å². The molecule has 4 aromatic rings. The van der Waals surface area contributed by atoms with E-state index in [1.165, 1.54) is 9.08 Å². The van der Waals surface area contributed by atoms with E-state index < -0.39 is 0 Å². The van der Waals surface area contributed by atoms with E-state index in [0.29, 0.717) is 22.3 Å². The number of hydrogen-bond acceptors (Lipinski definition) is 4. The third kappa shape index (κ3) is 2.90. The second-order valence-corrected chi connectivity index (χ2v) is 6.14. The van der Waals surface area contributed by atoms with Gasteiger partial charge in [0.25, 0.3) is 5.56 Å². The van der Waals surface area contributed by atoms with Crippen LogP contribution in [0.15, 0.2) is 71.8 Å². The second-order valence-electron chi connectivity index (χ2n) is 6.14. The normalized spacial score (nSPS) is 10.8. The Hall–Kier alpha value is -3.69. The van der Waals surface area contributed by atoms with E-state index in [0.717, 1.165) is 11.1 Å². The Balaban J connectivity index is 1.87. The van der Waals surface area contributed by atoms with Gasteiger partial charge in [-0.1, -0.05) is 48.5 Å². The van der Waals surface area contributed by atoms with Gasteiger partial charge in [0.1, 0.15) is 5.52 Å². The number of aliphatic hydroxyl groups excluding tert-OH is 1. The molecule has 2 heterocycles. The van der Waals surface area contributed by atoms with Gasteiger partial charge in [-0.2, -0.15) is 10.4 Å². The number of hydrogen-bond donors (Lipinski definition) is 1. The summed E-state index contributed by atoms with van der Waals surface area (Å²) < 4.78 is 3.03. The predicted molar refractivity (Wildman–Crippen MR) is 101 cm³/mol. The van der Waals surface area contributed by atoms with Gasteiger partial charge in [-0.05, 0) is 11.6 Å². The SMILES string of the molecule is N#Cc1ccccc1Cn1ccn2nc(-c3ccccc3)c(CO)c2c1=O. The lowest BCUT2D eigenvalue weighted by molar-refractivity contribution is 0.283. The minimum atomic E-state index is -0.290. The highest BCUT2D eigenvalue weighted by Crippen LogP contribution is 2.24. The maximum Gasteiger partial charge on any atom is 0.277 e. The maximum absolute atomic E-state index is 13.1. The Morgan fingerprint density at radius 2 is 1.78 bits per heavy atom. The highest BCUT2D eigenvalue weighted by molar-refractivity contribution is 5.72. The second kappa shape index (κ2) is 6.90. The van der Waals surface area contributed by atoms with Gasteiger partial charge in [0, 0.05) is 23.5 Å². The minimum Gasteiger partial charge on any atom is -0.392 e. The number of nitriles is 1. The van der Waals surface area contributed by atoms with Crippen molar-refractivity contribution in [3.63, 3.8) is 0 Å². The zero-order valence-corrected chi connectivity index (χ0v) is 14.4. The third-order valence-corrected chi connectivity index (χ3v) is 4.54. The van der Waals surface area contributed by atoms with Crippen LogP contribution >= 0.6 is 0 Å². The van der Waals surface area contributed by atoms with Crippen molar-refractivity contribution in [2.24, 2.45) is 0 Å². The largest absolute Gasteiger partial charge is 0.392 e. The van der Waals surface area contributed by atoms with Crippen molar-refractivity contribution in [1.29, 1.82) is 5.26 Å². The topological polar surface area (TPSA) is 83.3 Å². The van der Waals surface area contributed by atoms with Gasteiger partial charge in [-0.3, -0.25) is 4.79 Å². The van der Waals surface area contributed by atoms with Crippen LogP contribution in [0.3, 0.4) is 0 Å². The summed E-state index contributed by atoms with van der Waals surface area (Å²) in [5.74, 6) is 0. The zero-order chi connectivity index (χ0) is 18.8. The van der Waals surface area contributed by atoms with Crippen molar-refractivity contribution in [3.8, 4) is 17.3 Å². The van der Waals surface area contributed by atoms with Gasteiger partial charge < -0.3 is 9.67 Å². The van der Waals surface area contributed by atoms with E-state index in [9.17, 15) is 15.2 Å². The minimum absolute atomic E-state index is 0.260. The van der Waals surface area contributed by atoms with Crippen LogP contribution in [0.25, 0.3) is 16.8 Å². The molecule has 4 rings (SSSR count). The number of fused-ring (bicyclic) bond motifs is 1. The van der Waals surface area contributed by atoms with Crippen LogP contribution < -0.4 is 5.56 Å². The molecule has 0 amide bonds. The quantitative estimate of drug-likeness (QED) is 0.609. The van der Waals surface area contributed by atoms with Crippen LogP contribution in [0, 0.1) is 11.3 Å². The molecule has 0 saturated heterocycles. The smallest absolute Gasteiger partial charge is 0.277 e. The summed E-state index contributed by atoms with van der Waals surface area (Å²) in [6.45, 7) is -0.0163. The van der Waals surface area contributed by atoms with Crippen LogP contribution in [0.4, 0.5) is 0 Å². The summed E-state index contributed by atoms with van der Waals surface area (Å²) in [6, 6.07) is 18.8. The van der Waals surface area contributed by atoms with Crippen LogP contribution in [-0.2, 0) is 13.2 Å². The van der Waals surface area contributed by atoms with Crippen LogP contribution in [-0.4, -0.2) is 19.3 Å². The molecule has 1 N–H and O–H groups in total. The Kier molecular flexibility index (Phi) is 4.29. The van der Waals surface area contributed by atoms with Crippen molar-refractivity contribution in [1.82, 2.24) is 14.2 Å². The first-order valence-electron chi connectivity index (χ1n) is 8.48. The number of benzene rings is 2. The van der Waals surface area contributed by atoms with Gasteiger partial charge in [0.15, 0.2) is 0 Å². The summed E-state index contributed by atoms with van der Waals surface area (Å²) in [4.78, 5) is 13.1. The third-order valence-electron chi connectivity index (χ3n) is 4.54. The average Bonchev–Trinajstić information content (AvgIpc) is 3.10. The molecule has 0 saturated carbocycles. The molecule has 6 nitrogen and oxygen atoms in total. The van der Waals surface area contributed by atoms with E-state index in [4.69, 9.17) is 0 Å². The molecule has 0 fully saturated rings. The van der Waals surface area contributed by atoms with E-state index >= 15 is 0 Å². The molecule has 2 aromatic carbocycles. The van der Waals surface area contributed by atoms with E-state index in [2.05, 4.69) is 11.2 Å². The van der Waals surface area contributed by atoms with Crippen molar-refractivity contribution < 1.29 is 5.11 Å². The van der Waals surface area contributed by atoms with Gasteiger partial charge in [0.05, 0.1) is 30.5 Å². The first-order valence-corrected chi connectivity index (χ1v) is 8.48. The van der Waals surface area contributed by atoms with E-state index in [1.54, 1.807) is 24.5 Å². The average molecular weight is 356 g/mol. The summed E-state index contributed by atoms with van der Waals surface area (Å²) >= 11 is 0. The molecular formula is C21H16N4O2. The molecule has 27 heavy (non-hydrogen) atoms. The van der Waals surface area contributed by atoms with E-state index in [-0.39, 0.29) is 18.7 Å². The molecule has 2 aromatic heterocycles. The Bertz CT molecular complexity index is 1220. The van der Waals surface area contributed by atoms with Gasteiger partial charge in [-0.15, -0.1) is 0 Å². The predicted octanol–water partition coefficient (Wildman–Crippen LogP) is 2.58. The van der Waals surface area contributed by atoms with Gasteiger partial charge in [-0.25, -0.2) is 4.52 Å². The Morgan fingerprint density at radius 1 is 1.04 bits per heavy atom. The number of rotatable bonds is 4. The molecule has 0 spiro atoms. The van der Waals surface area contributed by atoms with Crippen molar-refractivity contribution in [2.45, 2.75) is 13.2 Å². The Morgan fingerprint density at radius 3 is 2.52 bits per heavy atom. The molecule has 132 valence electrons. The number of aromatic nitrogens is 3. The highest BCUT2D eigenvalue weighted by Gasteiger charge is 2.17. The van der Waals surface area contributed by atoms with Gasteiger partial charge in [0.2, 0.25) is 0 Å². The van der Waals surface area contributed by atoms with Crippen molar-refractivity contribution in [2.75, 3.05) is 0 Å². The lowest BCUT2D eigenvalue weighted by Crippen LogP contribution is -2.23. The molecule has 0 atom stereocenters. The molecule has 0 aliphatic rings. The van der Waals surface area contributed by atoms with Crippen molar-refractivity contribution in [3.05, 3.63) is 94.0 Å². The summed E-state index contributed by atoms with van der Waals surface area (Å²) in [6.07, 6.45) is 3.34. The number of nitrogens with zero attached hydrogens (tertiary/aromatic N) is 4. The van der Waals surface area contributed by atoms with E-state index in [1.807, 2.05) is 42.5 Å². The maximum atomic E-state index is 13.1. The van der Waals surface area contributed by atoms with Crippen LogP contribution in [0.2, 0.25) is 0 Å². The lowest BCUT2D eigenvalue weighted by Gasteiger charge is -2.08. The lowest BCUT2D eigenvalue weighted by atomic mass is 10.1. The molecule has 0 bridgehead atoms. The summed E-state index contributed by atoms with van der Waals surface area (Å²) in [5, 5.41) is 23.7. The number of aliphatic hydroxyl groups is 1. The fourth-order valence-corrected chi connectivity index (χ4v) is 3.20. The highest BCUT2D eigenvalue weighted by atomic mass is 16.3. The first-order chi connectivity index (χ1) is 13.2. The molecule has 6 heteroatoms. The molecular weight excluding hydrogens is 340 g/mol. The van der Waals surface area contributed by atoms with Crippen LogP contribution in [0.5, 0.6) is 0 Å². The standard InChI is InChI=1S/C21H16N4O2/c22-12-16-8-4-5-9-17(16)13-24-10-11-25-20(21(24)27)18(14-26)19(23-25)15-6-2-1-3-7-15/h1-11,26H,13-14H2. The molecule has 0 radical (unpaired) electrons. The monoisotopic (exact) mass is 356 g/mol. The van der Waals surface area contributed by atoms with Crippen molar-refractivity contribution >= 4 is 5.52 Å². The molecule has 0 unspecified atom stereocenters. The Labute approximate surface area is 155 Å². The molecule has 0 aliphatic carbocycles. The fourth-order valence-electron chi connectivity index (χ4n) is 3.20.